The number of carboxylic acid groups (broad SMARTS) is 1. The highest BCUT2D eigenvalue weighted by molar-refractivity contribution is 6.31. The molecule has 1 aromatic carbocycles. The molecule has 2 fully saturated rings. The van der Waals surface area contributed by atoms with Gasteiger partial charge >= 0.3 is 5.97 Å². The summed E-state index contributed by atoms with van der Waals surface area (Å²) in [7, 11) is 0. The van der Waals surface area contributed by atoms with Crippen LogP contribution in [0.4, 0.5) is 5.69 Å². The van der Waals surface area contributed by atoms with Crippen LogP contribution in [0.5, 0.6) is 0 Å². The molecule has 3 rings (SSSR count). The summed E-state index contributed by atoms with van der Waals surface area (Å²) in [6.07, 6.45) is 2.24. The van der Waals surface area contributed by atoms with Gasteiger partial charge in [-0.15, -0.1) is 0 Å². The molecule has 0 aromatic heterocycles. The van der Waals surface area contributed by atoms with Gasteiger partial charge in [0.2, 0.25) is 5.91 Å². The van der Waals surface area contributed by atoms with Crippen molar-refractivity contribution < 1.29 is 14.7 Å². The maximum atomic E-state index is 11.4. The zero-order chi connectivity index (χ0) is 15.0. The van der Waals surface area contributed by atoms with E-state index in [1.807, 2.05) is 0 Å². The molecule has 1 aromatic rings. The first-order chi connectivity index (χ1) is 10.0. The van der Waals surface area contributed by atoms with Gasteiger partial charge in [0.25, 0.3) is 0 Å². The Hall–Kier alpha value is -1.75. The standard InChI is InChI=1S/C15H17ClN2O3/c16-10-2-3-11(15(20)21)13(7-10)18-6-5-12-9(8-18)1-4-14(19)17-12/h2-3,7,9,12H,1,4-6,8H2,(H,17,19)(H,20,21). The molecule has 6 heteroatoms. The number of aromatic carboxylic acids is 1. The lowest BCUT2D eigenvalue weighted by atomic mass is 9.85. The van der Waals surface area contributed by atoms with Crippen molar-refractivity contribution in [3.8, 4) is 0 Å². The third kappa shape index (κ3) is 2.83. The number of rotatable bonds is 2. The number of carbonyl (C=O) groups excluding carboxylic acids is 1. The fourth-order valence-corrected chi connectivity index (χ4v) is 3.44. The highest BCUT2D eigenvalue weighted by Crippen LogP contribution is 2.32. The van der Waals surface area contributed by atoms with Gasteiger partial charge in [0.15, 0.2) is 0 Å². The molecular formula is C15H17ClN2O3. The average Bonchev–Trinajstić information content (AvgIpc) is 2.46. The van der Waals surface area contributed by atoms with Crippen LogP contribution in [0, 0.1) is 5.92 Å². The van der Waals surface area contributed by atoms with Gasteiger partial charge in [0, 0.05) is 30.6 Å². The Balaban J connectivity index is 1.84. The monoisotopic (exact) mass is 308 g/mol. The van der Waals surface area contributed by atoms with E-state index < -0.39 is 5.97 Å². The number of nitrogens with zero attached hydrogens (tertiary/aromatic N) is 1. The topological polar surface area (TPSA) is 69.6 Å². The molecule has 2 heterocycles. The van der Waals surface area contributed by atoms with Crippen LogP contribution >= 0.6 is 11.6 Å². The van der Waals surface area contributed by atoms with E-state index in [-0.39, 0.29) is 17.5 Å². The van der Waals surface area contributed by atoms with E-state index >= 15 is 0 Å². The minimum atomic E-state index is -0.944. The Morgan fingerprint density at radius 1 is 1.38 bits per heavy atom. The lowest BCUT2D eigenvalue weighted by Crippen LogP contribution is -2.54. The Labute approximate surface area is 127 Å². The molecule has 5 nitrogen and oxygen atoms in total. The van der Waals surface area contributed by atoms with E-state index in [0.29, 0.717) is 23.0 Å². The van der Waals surface area contributed by atoms with Crippen molar-refractivity contribution in [2.75, 3.05) is 18.0 Å². The van der Waals surface area contributed by atoms with Gasteiger partial charge in [-0.1, -0.05) is 11.6 Å². The number of nitrogens with one attached hydrogen (secondary N) is 1. The fourth-order valence-electron chi connectivity index (χ4n) is 3.28. The lowest BCUT2D eigenvalue weighted by Gasteiger charge is -2.42. The summed E-state index contributed by atoms with van der Waals surface area (Å²) in [5.41, 5.74) is 0.947. The minimum Gasteiger partial charge on any atom is -0.478 e. The highest BCUT2D eigenvalue weighted by Gasteiger charge is 2.34. The Morgan fingerprint density at radius 2 is 2.19 bits per heavy atom. The molecule has 0 saturated carbocycles. The molecule has 2 aliphatic heterocycles. The maximum absolute atomic E-state index is 11.4. The zero-order valence-corrected chi connectivity index (χ0v) is 12.3. The van der Waals surface area contributed by atoms with Crippen molar-refractivity contribution in [1.29, 1.82) is 0 Å². The van der Waals surface area contributed by atoms with Gasteiger partial charge in [-0.25, -0.2) is 4.79 Å². The summed E-state index contributed by atoms with van der Waals surface area (Å²) < 4.78 is 0. The molecule has 112 valence electrons. The number of carbonyl (C=O) groups is 2. The van der Waals surface area contributed by atoms with Crippen LogP contribution in [0.25, 0.3) is 0 Å². The number of hydrogen-bond acceptors (Lipinski definition) is 3. The molecule has 0 radical (unpaired) electrons. The Morgan fingerprint density at radius 3 is 2.95 bits per heavy atom. The Bertz CT molecular complexity index is 590. The molecule has 2 N–H and O–H groups in total. The molecule has 2 saturated heterocycles. The number of carboxylic acids is 1. The first-order valence-electron chi connectivity index (χ1n) is 7.12. The van der Waals surface area contributed by atoms with Crippen LogP contribution in [0.1, 0.15) is 29.6 Å². The van der Waals surface area contributed by atoms with Gasteiger partial charge in [-0.05, 0) is 37.0 Å². The predicted octanol–water partition coefficient (Wildman–Crippen LogP) is 2.14. The summed E-state index contributed by atoms with van der Waals surface area (Å²) in [4.78, 5) is 24.9. The third-order valence-corrected chi connectivity index (χ3v) is 4.59. The van der Waals surface area contributed by atoms with Gasteiger partial charge in [-0.3, -0.25) is 4.79 Å². The van der Waals surface area contributed by atoms with E-state index in [2.05, 4.69) is 10.2 Å². The van der Waals surface area contributed by atoms with Gasteiger partial charge in [-0.2, -0.15) is 0 Å². The van der Waals surface area contributed by atoms with Crippen LogP contribution in [0.15, 0.2) is 18.2 Å². The summed E-state index contributed by atoms with van der Waals surface area (Å²) in [6, 6.07) is 5.08. The van der Waals surface area contributed by atoms with Crippen LogP contribution < -0.4 is 10.2 Å². The smallest absolute Gasteiger partial charge is 0.337 e. The third-order valence-electron chi connectivity index (χ3n) is 4.35. The maximum Gasteiger partial charge on any atom is 0.337 e. The molecule has 2 atom stereocenters. The van der Waals surface area contributed by atoms with Crippen LogP contribution in [-0.2, 0) is 4.79 Å². The predicted molar refractivity (Wildman–Crippen MR) is 79.9 cm³/mol. The van der Waals surface area contributed by atoms with Crippen molar-refractivity contribution >= 4 is 29.2 Å². The van der Waals surface area contributed by atoms with Crippen molar-refractivity contribution in [2.45, 2.75) is 25.3 Å². The molecule has 0 bridgehead atoms. The quantitative estimate of drug-likeness (QED) is 0.878. The first-order valence-corrected chi connectivity index (χ1v) is 7.49. The number of halogens is 1. The first kappa shape index (κ1) is 14.2. The number of fused-ring (bicyclic) bond motifs is 1. The second kappa shape index (κ2) is 5.56. The summed E-state index contributed by atoms with van der Waals surface area (Å²) in [5, 5.41) is 12.9. The van der Waals surface area contributed by atoms with Gasteiger partial charge in [0.05, 0.1) is 11.3 Å². The van der Waals surface area contributed by atoms with Gasteiger partial charge < -0.3 is 15.3 Å². The van der Waals surface area contributed by atoms with E-state index in [0.717, 1.165) is 25.9 Å². The average molecular weight is 309 g/mol. The SMILES string of the molecule is O=C1CCC2CN(c3cc(Cl)ccc3C(=O)O)CCC2N1. The summed E-state index contributed by atoms with van der Waals surface area (Å²) in [5.74, 6) is -0.448. The molecule has 1 amide bonds. The van der Waals surface area contributed by atoms with Crippen molar-refractivity contribution in [1.82, 2.24) is 5.32 Å². The van der Waals surface area contributed by atoms with Crippen LogP contribution in [0.3, 0.4) is 0 Å². The van der Waals surface area contributed by atoms with E-state index in [1.165, 1.54) is 0 Å². The fraction of sp³-hybridized carbons (Fsp3) is 0.467. The minimum absolute atomic E-state index is 0.124. The number of amides is 1. The molecule has 2 unspecified atom stereocenters. The van der Waals surface area contributed by atoms with Crippen molar-refractivity contribution in [3.63, 3.8) is 0 Å². The van der Waals surface area contributed by atoms with Crippen molar-refractivity contribution in [3.05, 3.63) is 28.8 Å². The number of benzene rings is 1. The number of hydrogen-bond donors (Lipinski definition) is 2. The van der Waals surface area contributed by atoms with E-state index in [1.54, 1.807) is 18.2 Å². The van der Waals surface area contributed by atoms with E-state index in [4.69, 9.17) is 11.6 Å². The second-order valence-corrected chi connectivity index (χ2v) is 6.11. The van der Waals surface area contributed by atoms with Crippen LogP contribution in [-0.4, -0.2) is 36.1 Å². The molecule has 21 heavy (non-hydrogen) atoms. The van der Waals surface area contributed by atoms with E-state index in [9.17, 15) is 14.7 Å². The van der Waals surface area contributed by atoms with Crippen LogP contribution in [0.2, 0.25) is 5.02 Å². The lowest BCUT2D eigenvalue weighted by molar-refractivity contribution is -0.124. The summed E-state index contributed by atoms with van der Waals surface area (Å²) >= 11 is 6.02. The largest absolute Gasteiger partial charge is 0.478 e. The molecule has 0 spiro atoms. The number of anilines is 1. The molecule has 0 aliphatic carbocycles. The normalized spacial score (nSPS) is 25.2. The van der Waals surface area contributed by atoms with Gasteiger partial charge in [0.1, 0.15) is 0 Å². The molecular weight excluding hydrogens is 292 g/mol. The second-order valence-electron chi connectivity index (χ2n) is 5.67. The Kier molecular flexibility index (Phi) is 3.76. The zero-order valence-electron chi connectivity index (χ0n) is 11.5. The van der Waals surface area contributed by atoms with Crippen molar-refractivity contribution in [2.24, 2.45) is 5.92 Å². The summed E-state index contributed by atoms with van der Waals surface area (Å²) in [6.45, 7) is 1.48. The highest BCUT2D eigenvalue weighted by atomic mass is 35.5. The number of piperidine rings is 2. The molecule has 2 aliphatic rings.